The number of alkyl halides is 3. The number of fused-ring (bicyclic) bond motifs is 1. The molecule has 0 aliphatic carbocycles. The molecular formula is C21H20F3N3O2S. The predicted molar refractivity (Wildman–Crippen MR) is 109 cm³/mol. The Morgan fingerprint density at radius 2 is 1.73 bits per heavy atom. The van der Waals surface area contributed by atoms with Gasteiger partial charge in [0.1, 0.15) is 5.75 Å². The van der Waals surface area contributed by atoms with Gasteiger partial charge in [0.25, 0.3) is 5.19 Å². The number of ether oxygens (including phenoxy) is 1. The van der Waals surface area contributed by atoms with Gasteiger partial charge < -0.3 is 9.64 Å². The lowest BCUT2D eigenvalue weighted by Gasteiger charge is -2.34. The molecule has 0 unspecified atom stereocenters. The third-order valence-corrected chi connectivity index (χ3v) is 5.94. The van der Waals surface area contributed by atoms with Gasteiger partial charge in [0.2, 0.25) is 0 Å². The molecule has 9 heteroatoms. The van der Waals surface area contributed by atoms with Crippen LogP contribution in [0.4, 0.5) is 13.2 Å². The minimum absolute atomic E-state index is 0.104. The summed E-state index contributed by atoms with van der Waals surface area (Å²) in [5.41, 5.74) is 2.02. The molecule has 0 saturated carbocycles. The number of halogens is 3. The Bertz CT molecular complexity index is 979. The lowest BCUT2D eigenvalue weighted by molar-refractivity contribution is -0.187. The van der Waals surface area contributed by atoms with Gasteiger partial charge in [-0.2, -0.15) is 13.2 Å². The lowest BCUT2D eigenvalue weighted by atomic mass is 10.1. The van der Waals surface area contributed by atoms with E-state index in [4.69, 9.17) is 4.74 Å². The van der Waals surface area contributed by atoms with Crippen LogP contribution in [0.3, 0.4) is 0 Å². The van der Waals surface area contributed by atoms with Gasteiger partial charge in [-0.25, -0.2) is 4.98 Å². The molecule has 4 rings (SSSR count). The Hall–Kier alpha value is -2.65. The molecule has 1 aliphatic rings. The fourth-order valence-electron chi connectivity index (χ4n) is 3.36. The zero-order chi connectivity index (χ0) is 21.1. The van der Waals surface area contributed by atoms with Crippen molar-refractivity contribution in [3.8, 4) is 10.9 Å². The van der Waals surface area contributed by atoms with Gasteiger partial charge in [-0.15, -0.1) is 0 Å². The summed E-state index contributed by atoms with van der Waals surface area (Å²) in [7, 11) is 0. The Kier molecular flexibility index (Phi) is 5.92. The molecule has 2 aromatic carbocycles. The first kappa shape index (κ1) is 20.6. The van der Waals surface area contributed by atoms with Crippen LogP contribution in [0.5, 0.6) is 10.9 Å². The number of rotatable bonds is 5. The third kappa shape index (κ3) is 4.91. The zero-order valence-electron chi connectivity index (χ0n) is 16.1. The number of hydrogen-bond donors (Lipinski definition) is 0. The topological polar surface area (TPSA) is 45.7 Å². The van der Waals surface area contributed by atoms with Crippen LogP contribution in [-0.2, 0) is 11.2 Å². The normalized spacial score (nSPS) is 15.5. The van der Waals surface area contributed by atoms with Gasteiger partial charge in [0, 0.05) is 32.7 Å². The van der Waals surface area contributed by atoms with Crippen molar-refractivity contribution < 1.29 is 22.7 Å². The molecule has 1 saturated heterocycles. The van der Waals surface area contributed by atoms with Gasteiger partial charge in [-0.1, -0.05) is 35.6 Å². The maximum Gasteiger partial charge on any atom is 0.471 e. The summed E-state index contributed by atoms with van der Waals surface area (Å²) < 4.78 is 44.4. The smallest absolute Gasteiger partial charge is 0.431 e. The van der Waals surface area contributed by atoms with E-state index in [1.165, 1.54) is 11.3 Å². The van der Waals surface area contributed by atoms with E-state index in [9.17, 15) is 18.0 Å². The number of carbonyl (C=O) groups excluding carboxylic acids is 1. The minimum atomic E-state index is -4.79. The summed E-state index contributed by atoms with van der Waals surface area (Å²) in [5.74, 6) is -1.04. The van der Waals surface area contributed by atoms with Gasteiger partial charge in [-0.05, 0) is 36.2 Å². The zero-order valence-corrected chi connectivity index (χ0v) is 16.9. The molecule has 0 spiro atoms. The first-order chi connectivity index (χ1) is 14.4. The number of hydrogen-bond acceptors (Lipinski definition) is 5. The number of carbonyl (C=O) groups is 1. The number of aromatic nitrogens is 1. The Balaban J connectivity index is 1.26. The minimum Gasteiger partial charge on any atom is -0.431 e. The van der Waals surface area contributed by atoms with Gasteiger partial charge in [0.05, 0.1) is 10.2 Å². The van der Waals surface area contributed by atoms with Crippen LogP contribution in [0.25, 0.3) is 10.2 Å². The predicted octanol–water partition coefficient (Wildman–Crippen LogP) is 4.34. The maximum absolute atomic E-state index is 12.5. The monoisotopic (exact) mass is 435 g/mol. The van der Waals surface area contributed by atoms with Gasteiger partial charge >= 0.3 is 12.1 Å². The Morgan fingerprint density at radius 3 is 2.40 bits per heavy atom. The van der Waals surface area contributed by atoms with Crippen LogP contribution in [0.1, 0.15) is 5.56 Å². The van der Waals surface area contributed by atoms with Crippen LogP contribution in [-0.4, -0.2) is 59.6 Å². The van der Waals surface area contributed by atoms with Crippen LogP contribution in [0.15, 0.2) is 48.5 Å². The Labute approximate surface area is 175 Å². The Morgan fingerprint density at radius 1 is 1.03 bits per heavy atom. The van der Waals surface area contributed by atoms with Crippen LogP contribution in [0, 0.1) is 0 Å². The van der Waals surface area contributed by atoms with E-state index < -0.39 is 12.1 Å². The summed E-state index contributed by atoms with van der Waals surface area (Å²) in [6, 6.07) is 15.6. The van der Waals surface area contributed by atoms with Crippen molar-refractivity contribution in [1.82, 2.24) is 14.8 Å². The number of amides is 1. The fraction of sp³-hybridized carbons (Fsp3) is 0.333. The van der Waals surface area contributed by atoms with E-state index in [0.717, 1.165) is 33.6 Å². The van der Waals surface area contributed by atoms with Crippen LogP contribution >= 0.6 is 11.3 Å². The van der Waals surface area contributed by atoms with Gasteiger partial charge in [0.15, 0.2) is 0 Å². The second kappa shape index (κ2) is 8.61. The number of nitrogens with zero attached hydrogens (tertiary/aromatic N) is 3. The average Bonchev–Trinajstić information content (AvgIpc) is 3.15. The lowest BCUT2D eigenvalue weighted by Crippen LogP contribution is -2.52. The first-order valence-corrected chi connectivity index (χ1v) is 10.4. The summed E-state index contributed by atoms with van der Waals surface area (Å²) >= 11 is 1.49. The molecule has 5 nitrogen and oxygen atoms in total. The second-order valence-electron chi connectivity index (χ2n) is 7.08. The maximum atomic E-state index is 12.5. The number of para-hydroxylation sites is 1. The molecule has 1 aliphatic heterocycles. The standard InChI is InChI=1S/C21H20F3N3O2S/c22-21(23,24)19(28)27-13-11-26(12-14-27)10-9-15-5-7-16(8-6-15)29-20-25-17-3-1-2-4-18(17)30-20/h1-8H,9-14H2. The van der Waals surface area contributed by atoms with E-state index in [1.807, 2.05) is 48.5 Å². The van der Waals surface area contributed by atoms with E-state index >= 15 is 0 Å². The molecule has 0 radical (unpaired) electrons. The second-order valence-corrected chi connectivity index (χ2v) is 8.07. The molecule has 1 aromatic heterocycles. The molecule has 3 aromatic rings. The highest BCUT2D eigenvalue weighted by Crippen LogP contribution is 2.31. The van der Waals surface area contributed by atoms with E-state index in [-0.39, 0.29) is 13.1 Å². The first-order valence-electron chi connectivity index (χ1n) is 9.59. The highest BCUT2D eigenvalue weighted by molar-refractivity contribution is 7.20. The van der Waals surface area contributed by atoms with Crippen molar-refractivity contribution in [3.63, 3.8) is 0 Å². The average molecular weight is 435 g/mol. The molecule has 1 fully saturated rings. The van der Waals surface area contributed by atoms with E-state index in [2.05, 4.69) is 9.88 Å². The highest BCUT2D eigenvalue weighted by atomic mass is 32.1. The van der Waals surface area contributed by atoms with Crippen molar-refractivity contribution in [1.29, 1.82) is 0 Å². The molecular weight excluding hydrogens is 415 g/mol. The van der Waals surface area contributed by atoms with Crippen molar-refractivity contribution in [2.45, 2.75) is 12.6 Å². The van der Waals surface area contributed by atoms with Crippen LogP contribution in [0.2, 0.25) is 0 Å². The van der Waals surface area contributed by atoms with Crippen molar-refractivity contribution in [3.05, 3.63) is 54.1 Å². The quantitative estimate of drug-likeness (QED) is 0.598. The summed E-state index contributed by atoms with van der Waals surface area (Å²) in [5, 5.41) is 0.593. The molecule has 158 valence electrons. The fourth-order valence-corrected chi connectivity index (χ4v) is 4.20. The summed E-state index contributed by atoms with van der Waals surface area (Å²) in [6.45, 7) is 1.83. The highest BCUT2D eigenvalue weighted by Gasteiger charge is 2.43. The van der Waals surface area contributed by atoms with E-state index in [1.54, 1.807) is 0 Å². The van der Waals surface area contributed by atoms with Gasteiger partial charge in [-0.3, -0.25) is 9.69 Å². The molecule has 0 N–H and O–H groups in total. The number of benzene rings is 2. The SMILES string of the molecule is O=C(N1CCN(CCc2ccc(Oc3nc4ccccc4s3)cc2)CC1)C(F)(F)F. The largest absolute Gasteiger partial charge is 0.471 e. The molecule has 0 bridgehead atoms. The molecule has 30 heavy (non-hydrogen) atoms. The number of thiazole rings is 1. The number of piperazine rings is 1. The van der Waals surface area contributed by atoms with Crippen LogP contribution < -0.4 is 4.74 Å². The molecule has 1 amide bonds. The van der Waals surface area contributed by atoms with Crippen molar-refractivity contribution in [2.24, 2.45) is 0 Å². The van der Waals surface area contributed by atoms with E-state index in [0.29, 0.717) is 24.0 Å². The molecule has 2 heterocycles. The molecule has 0 atom stereocenters. The van der Waals surface area contributed by atoms with Crippen molar-refractivity contribution in [2.75, 3.05) is 32.7 Å². The summed E-state index contributed by atoms with van der Waals surface area (Å²) in [4.78, 5) is 18.7. The van der Waals surface area contributed by atoms with Crippen molar-refractivity contribution >= 4 is 27.5 Å². The third-order valence-electron chi connectivity index (χ3n) is 5.02. The summed E-state index contributed by atoms with van der Waals surface area (Å²) in [6.07, 6.45) is -4.02.